The van der Waals surface area contributed by atoms with Crippen LogP contribution in [0.15, 0.2) is 47.1 Å². The number of allylic oxidation sites excluding steroid dienone is 4. The van der Waals surface area contributed by atoms with Gasteiger partial charge >= 0.3 is 0 Å². The molecule has 5 atom stereocenters. The first-order chi connectivity index (χ1) is 15.8. The number of carbonyl (C=O) groups excluding carboxylic acids is 1. The Hall–Kier alpha value is -1.91. The van der Waals surface area contributed by atoms with E-state index in [1.807, 2.05) is 6.08 Å². The Morgan fingerprint density at radius 1 is 1.09 bits per heavy atom. The highest BCUT2D eigenvalue weighted by molar-refractivity contribution is 5.93. The molecule has 0 saturated heterocycles. The number of anilines is 1. The van der Waals surface area contributed by atoms with Crippen LogP contribution in [-0.4, -0.2) is 42.3 Å². The van der Waals surface area contributed by atoms with E-state index >= 15 is 0 Å². The van der Waals surface area contributed by atoms with Gasteiger partial charge in [0.05, 0.1) is 5.60 Å². The van der Waals surface area contributed by atoms with Crippen LogP contribution in [0.25, 0.3) is 0 Å². The lowest BCUT2D eigenvalue weighted by atomic mass is 9.51. The summed E-state index contributed by atoms with van der Waals surface area (Å²) in [6, 6.07) is 8.98. The third-order valence-corrected chi connectivity index (χ3v) is 9.62. The topological polar surface area (TPSA) is 60.8 Å². The Balaban J connectivity index is 1.62. The summed E-state index contributed by atoms with van der Waals surface area (Å²) in [5, 5.41) is 21.4. The monoisotopic (exact) mass is 449 g/mol. The first-order valence-corrected chi connectivity index (χ1v) is 12.8. The number of hydrogen-bond acceptors (Lipinski definition) is 4. The van der Waals surface area contributed by atoms with Crippen LogP contribution in [0.3, 0.4) is 0 Å². The van der Waals surface area contributed by atoms with Gasteiger partial charge in [-0.1, -0.05) is 24.6 Å². The molecule has 4 aliphatic carbocycles. The summed E-state index contributed by atoms with van der Waals surface area (Å²) in [4.78, 5) is 14.3. The lowest BCUT2D eigenvalue weighted by Gasteiger charge is -2.55. The average molecular weight is 450 g/mol. The van der Waals surface area contributed by atoms with Crippen LogP contribution >= 0.6 is 0 Å². The molecular formula is C29H39NO3. The zero-order valence-corrected chi connectivity index (χ0v) is 20.4. The largest absolute Gasteiger partial charge is 0.396 e. The SMILES string of the molecule is CN(C)c1ccc([C@H]2C[C@]3(C)C(CC[C@]3(O)CCCO)[C@@H]3CCC4=CC(=O)CCC4=C32)cc1. The van der Waals surface area contributed by atoms with Gasteiger partial charge in [-0.2, -0.15) is 0 Å². The van der Waals surface area contributed by atoms with Gasteiger partial charge in [0.1, 0.15) is 0 Å². The predicted molar refractivity (Wildman–Crippen MR) is 132 cm³/mol. The summed E-state index contributed by atoms with van der Waals surface area (Å²) >= 11 is 0. The Labute approximate surface area is 198 Å². The van der Waals surface area contributed by atoms with Crippen molar-refractivity contribution in [3.63, 3.8) is 0 Å². The van der Waals surface area contributed by atoms with E-state index in [1.54, 1.807) is 5.57 Å². The van der Waals surface area contributed by atoms with Crippen LogP contribution < -0.4 is 4.90 Å². The second-order valence-electron chi connectivity index (χ2n) is 11.4. The molecule has 2 fully saturated rings. The number of ketones is 1. The fourth-order valence-electron chi connectivity index (χ4n) is 7.84. The maximum Gasteiger partial charge on any atom is 0.156 e. The number of carbonyl (C=O) groups is 1. The summed E-state index contributed by atoms with van der Waals surface area (Å²) in [5.41, 5.74) is 5.98. The Morgan fingerprint density at radius 2 is 1.85 bits per heavy atom. The lowest BCUT2D eigenvalue weighted by Crippen LogP contribution is -2.51. The second kappa shape index (κ2) is 8.39. The van der Waals surface area contributed by atoms with Gasteiger partial charge in [0, 0.05) is 44.1 Å². The Morgan fingerprint density at radius 3 is 2.55 bits per heavy atom. The maximum atomic E-state index is 12.2. The molecule has 4 aliphatic rings. The van der Waals surface area contributed by atoms with Crippen LogP contribution in [0.1, 0.15) is 76.2 Å². The molecule has 178 valence electrons. The fraction of sp³-hybridized carbons (Fsp3) is 0.621. The second-order valence-corrected chi connectivity index (χ2v) is 11.4. The van der Waals surface area contributed by atoms with E-state index in [0.29, 0.717) is 31.1 Å². The molecule has 0 bridgehead atoms. The molecule has 1 aromatic rings. The van der Waals surface area contributed by atoms with E-state index in [2.05, 4.69) is 50.2 Å². The first-order valence-electron chi connectivity index (χ1n) is 12.8. The van der Waals surface area contributed by atoms with Crippen molar-refractivity contribution in [3.05, 3.63) is 52.6 Å². The molecule has 4 nitrogen and oxygen atoms in total. The Kier molecular flexibility index (Phi) is 5.81. The van der Waals surface area contributed by atoms with Crippen molar-refractivity contribution in [1.29, 1.82) is 0 Å². The van der Waals surface area contributed by atoms with Crippen LogP contribution in [0.5, 0.6) is 0 Å². The molecule has 33 heavy (non-hydrogen) atoms. The smallest absolute Gasteiger partial charge is 0.156 e. The highest BCUT2D eigenvalue weighted by Gasteiger charge is 2.62. The van der Waals surface area contributed by atoms with Crippen LogP contribution in [0.2, 0.25) is 0 Å². The molecule has 2 N–H and O–H groups in total. The Bertz CT molecular complexity index is 991. The molecular weight excluding hydrogens is 410 g/mol. The molecule has 4 heteroatoms. The third-order valence-electron chi connectivity index (χ3n) is 9.62. The van der Waals surface area contributed by atoms with Crippen molar-refractivity contribution in [3.8, 4) is 0 Å². The normalized spacial score (nSPS) is 35.6. The van der Waals surface area contributed by atoms with E-state index in [0.717, 1.165) is 38.5 Å². The summed E-state index contributed by atoms with van der Waals surface area (Å²) in [6.07, 6.45) is 9.68. The van der Waals surface area contributed by atoms with Gasteiger partial charge in [-0.25, -0.2) is 0 Å². The summed E-state index contributed by atoms with van der Waals surface area (Å²) in [7, 11) is 4.14. The van der Waals surface area contributed by atoms with E-state index in [9.17, 15) is 15.0 Å². The van der Waals surface area contributed by atoms with Crippen molar-refractivity contribution in [1.82, 2.24) is 0 Å². The van der Waals surface area contributed by atoms with Gasteiger partial charge in [0.2, 0.25) is 0 Å². The van der Waals surface area contributed by atoms with Gasteiger partial charge in [0.15, 0.2) is 5.78 Å². The number of nitrogens with zero attached hydrogens (tertiary/aromatic N) is 1. The van der Waals surface area contributed by atoms with Crippen molar-refractivity contribution >= 4 is 11.5 Å². The molecule has 0 aromatic heterocycles. The van der Waals surface area contributed by atoms with Crippen molar-refractivity contribution < 1.29 is 15.0 Å². The standard InChI is InChI=1S/C29H39NO3/c1-28-18-25(19-5-8-21(9-6-19)30(2)3)27-23-12-10-22(32)17-20(23)7-11-24(27)26(28)13-15-29(28,33)14-4-16-31/h5-6,8-9,17,24-26,31,33H,4,7,10-16,18H2,1-3H3/t24-,25+,26?,28+,29+/m0/s1. The van der Waals surface area contributed by atoms with Crippen LogP contribution in [0.4, 0.5) is 5.69 Å². The number of aliphatic hydroxyl groups excluding tert-OH is 1. The molecule has 0 heterocycles. The van der Waals surface area contributed by atoms with E-state index in [4.69, 9.17) is 0 Å². The van der Waals surface area contributed by atoms with Crippen molar-refractivity contribution in [2.24, 2.45) is 17.3 Å². The molecule has 0 spiro atoms. The molecule has 0 amide bonds. The quantitative estimate of drug-likeness (QED) is 0.652. The first kappa shape index (κ1) is 22.9. The average Bonchev–Trinajstić information content (AvgIpc) is 3.07. The molecule has 2 saturated carbocycles. The summed E-state index contributed by atoms with van der Waals surface area (Å²) < 4.78 is 0. The van der Waals surface area contributed by atoms with Crippen LogP contribution in [0, 0.1) is 17.3 Å². The summed E-state index contributed by atoms with van der Waals surface area (Å²) in [6.45, 7) is 2.47. The van der Waals surface area contributed by atoms with Crippen molar-refractivity contribution in [2.75, 3.05) is 25.6 Å². The van der Waals surface area contributed by atoms with Crippen LogP contribution in [-0.2, 0) is 4.79 Å². The lowest BCUT2D eigenvalue weighted by molar-refractivity contribution is -0.114. The number of rotatable bonds is 5. The summed E-state index contributed by atoms with van der Waals surface area (Å²) in [5.74, 6) is 1.50. The predicted octanol–water partition coefficient (Wildman–Crippen LogP) is 5.16. The third kappa shape index (κ3) is 3.61. The zero-order valence-electron chi connectivity index (χ0n) is 20.4. The van der Waals surface area contributed by atoms with Gasteiger partial charge in [-0.3, -0.25) is 4.79 Å². The van der Waals surface area contributed by atoms with E-state index < -0.39 is 5.60 Å². The highest BCUT2D eigenvalue weighted by Crippen LogP contribution is 2.67. The number of benzene rings is 1. The minimum Gasteiger partial charge on any atom is -0.396 e. The highest BCUT2D eigenvalue weighted by atomic mass is 16.3. The number of aliphatic hydroxyl groups is 2. The fourth-order valence-corrected chi connectivity index (χ4v) is 7.84. The minimum atomic E-state index is -0.711. The number of fused-ring (bicyclic) bond motifs is 4. The number of hydrogen-bond donors (Lipinski definition) is 2. The molecule has 1 aromatic carbocycles. The van der Waals surface area contributed by atoms with E-state index in [-0.39, 0.29) is 23.7 Å². The molecule has 0 aliphatic heterocycles. The molecule has 1 unspecified atom stereocenters. The van der Waals surface area contributed by atoms with Gasteiger partial charge in [-0.05, 0) is 98.1 Å². The maximum absolute atomic E-state index is 12.2. The van der Waals surface area contributed by atoms with Gasteiger partial charge < -0.3 is 15.1 Å². The van der Waals surface area contributed by atoms with Crippen molar-refractivity contribution in [2.45, 2.75) is 76.2 Å². The molecule has 0 radical (unpaired) electrons. The minimum absolute atomic E-state index is 0.138. The van der Waals surface area contributed by atoms with Gasteiger partial charge in [0.25, 0.3) is 0 Å². The van der Waals surface area contributed by atoms with Gasteiger partial charge in [-0.15, -0.1) is 0 Å². The molecule has 5 rings (SSSR count). The van der Waals surface area contributed by atoms with E-state index in [1.165, 1.54) is 22.4 Å². The zero-order chi connectivity index (χ0) is 23.4.